The molecule has 0 N–H and O–H groups in total. The second-order valence-corrected chi connectivity index (χ2v) is 32.9. The van der Waals surface area contributed by atoms with Gasteiger partial charge in [0, 0.05) is 106 Å². The van der Waals surface area contributed by atoms with Crippen molar-refractivity contribution in [1.82, 2.24) is 0 Å². The molecule has 0 saturated carbocycles. The molecule has 112 heavy (non-hydrogen) atoms. The first-order valence-electron chi connectivity index (χ1n) is 52.5. The molecule has 584 valence electrons. The van der Waals surface area contributed by atoms with Crippen LogP contribution in [-0.2, 0) is 66.4 Å². The summed E-state index contributed by atoms with van der Waals surface area (Å²) in [5, 5.41) is 0. The van der Waals surface area contributed by atoms with Crippen molar-refractivity contribution < 1.29 is 55.3 Å². The van der Waals surface area contributed by atoms with Gasteiger partial charge in [0.25, 0.3) is 0 Å². The molecule has 8 aromatic carbocycles. The Morgan fingerprint density at radius 2 is 0.518 bits per heavy atom. The highest BCUT2D eigenvalue weighted by molar-refractivity contribution is 5.80. The van der Waals surface area contributed by atoms with E-state index in [4.69, 9.17) is 37.0 Å². The van der Waals surface area contributed by atoms with Gasteiger partial charge in [0.05, 0.1) is 0 Å². The van der Waals surface area contributed by atoms with E-state index in [1.54, 1.807) is 108 Å². The first kappa shape index (κ1) is 55.7. The molecule has 0 atom stereocenters. The number of hydrogen-bond acceptors (Lipinski definition) is 0. The van der Waals surface area contributed by atoms with Gasteiger partial charge in [0.2, 0.25) is 22.8 Å². The molecule has 4 heterocycles. The average Bonchev–Trinajstić information content (AvgIpc) is 0.727. The van der Waals surface area contributed by atoms with Crippen molar-refractivity contribution in [2.75, 3.05) is 0 Å². The predicted molar refractivity (Wildman–Crippen MR) is 482 cm³/mol. The van der Waals surface area contributed by atoms with E-state index in [9.17, 15) is 0 Å². The maximum Gasteiger partial charge on any atom is 0.212 e. The number of pyridine rings is 4. The summed E-state index contributed by atoms with van der Waals surface area (Å²) in [6.45, 7) is 23.1. The molecule has 4 heteroatoms. The minimum absolute atomic E-state index is 0.0301. The van der Waals surface area contributed by atoms with Gasteiger partial charge < -0.3 is 0 Å². The van der Waals surface area contributed by atoms with Crippen LogP contribution in [0.25, 0.3) is 89.5 Å². The van der Waals surface area contributed by atoms with Gasteiger partial charge >= 0.3 is 0 Å². The summed E-state index contributed by atoms with van der Waals surface area (Å²) >= 11 is 0. The highest BCUT2D eigenvalue weighted by atomic mass is 14.9. The van der Waals surface area contributed by atoms with Gasteiger partial charge in [-0.05, 0) is 277 Å². The third-order valence-corrected chi connectivity index (χ3v) is 19.0. The minimum atomic E-state index is -2.48. The number of aryl methyl sites for hydroxylation is 14. The van der Waals surface area contributed by atoms with E-state index in [0.29, 0.717) is 83.8 Å². The summed E-state index contributed by atoms with van der Waals surface area (Å²) in [6, 6.07) is 59.1. The third kappa shape index (κ3) is 22.8. The SMILES string of the molecule is [2H]C([2H])([2H])c1cc(C)c(-c2cc(C([2H])([2H])C(C)(C)C)c(C([2H])([2H])C(C)(C)C)c[n+]2C)cc1-c1ccccc1.[2H]C([2H])([2H])c1cc(C)c(-c2cc(C([2H])([2H])C(C)C)c(C([2H])([2H])C(C)C)c[n+]2C)cc1-c1ccccc1.[2H]C([2H])([2H])c1cc(C)c(-c2cc(C([2H])([2H])C(C)C)c(C([2H])([2H])[2H])c[n+]2C)cc1-c1ccccc1.[2H]C([2H])([2H])c1cc(C)c(-c2cc(C)c(C([2H])([2H])C(C)C)c[n+]2C)cc1-c1ccccc1. The Morgan fingerprint density at radius 1 is 0.259 bits per heavy atom. The van der Waals surface area contributed by atoms with Crippen LogP contribution in [0.5, 0.6) is 0 Å². The molecule has 0 aliphatic carbocycles. The summed E-state index contributed by atoms with van der Waals surface area (Å²) in [4.78, 5) is 0. The Labute approximate surface area is 716 Å². The van der Waals surface area contributed by atoms with Crippen molar-refractivity contribution in [3.8, 4) is 89.5 Å². The van der Waals surface area contributed by atoms with Crippen LogP contribution in [0.2, 0.25) is 0 Å². The number of hydrogen-bond donors (Lipinski definition) is 0. The number of aromatic nitrogens is 4. The molecular weight excluding hydrogens is 1350 g/mol. The maximum absolute atomic E-state index is 9.14. The molecule has 0 fully saturated rings. The zero-order valence-electron chi connectivity index (χ0n) is 97.4. The van der Waals surface area contributed by atoms with E-state index >= 15 is 0 Å². The number of benzene rings is 8. The fraction of sp³-hybridized carbons (Fsp3) is 0.370. The lowest BCUT2D eigenvalue weighted by Gasteiger charge is -2.24. The van der Waals surface area contributed by atoms with E-state index < -0.39 is 89.2 Å². The number of nitrogens with zero attached hydrogens (tertiary/aromatic N) is 4. The second kappa shape index (κ2) is 37.8. The van der Waals surface area contributed by atoms with Crippen LogP contribution in [0.4, 0.5) is 0 Å². The normalized spacial score (nSPS) is 16.5. The van der Waals surface area contributed by atoms with Crippen molar-refractivity contribution >= 4 is 0 Å². The Balaban J connectivity index is 0.000000208. The van der Waals surface area contributed by atoms with Crippen molar-refractivity contribution in [2.45, 2.75) is 204 Å². The van der Waals surface area contributed by atoms with Crippen molar-refractivity contribution in [3.05, 3.63) is 308 Å². The first-order valence-corrected chi connectivity index (χ1v) is 39.0. The summed E-state index contributed by atoms with van der Waals surface area (Å²) < 4.78 is 234. The van der Waals surface area contributed by atoms with Crippen LogP contribution >= 0.6 is 0 Å². The Bertz CT molecular complexity index is 6410. The molecule has 0 radical (unpaired) electrons. The highest BCUT2D eigenvalue weighted by Gasteiger charge is 2.27. The minimum Gasteiger partial charge on any atom is -0.201 e. The zero-order valence-corrected chi connectivity index (χ0v) is 70.4. The van der Waals surface area contributed by atoms with Gasteiger partial charge in [-0.2, -0.15) is 0 Å². The molecule has 0 bridgehead atoms. The van der Waals surface area contributed by atoms with E-state index in [-0.39, 0.29) is 45.6 Å². The van der Waals surface area contributed by atoms with Gasteiger partial charge in [0.15, 0.2) is 24.8 Å². The topological polar surface area (TPSA) is 15.5 Å². The highest BCUT2D eigenvalue weighted by Crippen LogP contribution is 2.39. The largest absolute Gasteiger partial charge is 0.212 e. The average molecular weight is 1520 g/mol. The van der Waals surface area contributed by atoms with Crippen LogP contribution in [0.3, 0.4) is 0 Å². The van der Waals surface area contributed by atoms with E-state index in [0.717, 1.165) is 66.9 Å². The van der Waals surface area contributed by atoms with Crippen LogP contribution in [0.1, 0.15) is 223 Å². The summed E-state index contributed by atoms with van der Waals surface area (Å²) in [7, 11) is 7.28. The summed E-state index contributed by atoms with van der Waals surface area (Å²) in [6.07, 6.45) is -3.73. The predicted octanol–water partition coefficient (Wildman–Crippen LogP) is 26.4. The second-order valence-electron chi connectivity index (χ2n) is 32.9. The molecule has 0 spiro atoms. The van der Waals surface area contributed by atoms with Crippen LogP contribution in [0, 0.1) is 103 Å². The molecule has 4 nitrogen and oxygen atoms in total. The molecule has 4 aromatic heterocycles. The van der Waals surface area contributed by atoms with Crippen molar-refractivity contribution in [1.29, 1.82) is 0 Å². The van der Waals surface area contributed by atoms with Gasteiger partial charge in [-0.3, -0.25) is 0 Å². The third-order valence-electron chi connectivity index (χ3n) is 19.0. The van der Waals surface area contributed by atoms with Crippen LogP contribution < -0.4 is 18.3 Å². The zero-order chi connectivity index (χ0) is 105. The van der Waals surface area contributed by atoms with E-state index in [1.165, 1.54) is 6.20 Å². The molecule has 0 unspecified atom stereocenters. The fourth-order valence-electron chi connectivity index (χ4n) is 13.9. The smallest absolute Gasteiger partial charge is 0.201 e. The van der Waals surface area contributed by atoms with Gasteiger partial charge in [-0.15, -0.1) is 0 Å². The maximum atomic E-state index is 9.14. The monoisotopic (exact) mass is 1520 g/mol. The molecule has 0 amide bonds. The lowest BCUT2D eigenvalue weighted by atomic mass is 9.81. The lowest BCUT2D eigenvalue weighted by Crippen LogP contribution is -2.33. The molecule has 12 aromatic rings. The first-order chi connectivity index (χ1) is 63.5. The summed E-state index contributed by atoms with van der Waals surface area (Å²) in [5.41, 5.74) is 17.3. The standard InChI is InChI=1S/C30H40N.C28H36N.2C25H30N/c1-21-15-22(2)27(17-26(21)23-13-11-10-12-14-23)28-16-24(18-29(3,4)5)25(20-31(28)9)19-30(6,7)8;1-19(2)13-24-16-28(29(7)18-25(24)14-20(3)4)27-17-26(21(5)15-22(27)6)23-11-9-8-10-12-23;1-17(2)12-22-16-26(6)25(14-18(22)3)24-15-23(19(4)13-20(24)5)21-10-8-7-9-11-21;1-17(2)12-22-14-25(26(6)16-20(22)5)24-15-23(18(3)13-19(24)4)21-10-8-7-9-11-21/h10-17,20H,18-19H2,1-9H3;8-12,15-20H,13-14H2,1-7H3;2*7-11,13-17H,12H2,1-6H3/q4*+1/i1D3,18D2,19D2;5D3,13D2,14D2;4D3,12D2;3D3,5D3,12D2. The van der Waals surface area contributed by atoms with Crippen molar-refractivity contribution in [3.63, 3.8) is 0 Å². The van der Waals surface area contributed by atoms with Crippen molar-refractivity contribution in [2.24, 2.45) is 62.7 Å². The van der Waals surface area contributed by atoms with Gasteiger partial charge in [0.1, 0.15) is 28.2 Å². The van der Waals surface area contributed by atoms with E-state index in [1.807, 2.05) is 283 Å². The number of rotatable bonds is 18. The molecule has 12 rings (SSSR count). The van der Waals surface area contributed by atoms with Crippen LogP contribution in [-0.4, -0.2) is 0 Å². The molecule has 0 aliphatic heterocycles. The fourth-order valence-corrected chi connectivity index (χ4v) is 13.9. The Morgan fingerprint density at radius 3 is 0.839 bits per heavy atom. The van der Waals surface area contributed by atoms with Gasteiger partial charge in [-0.25, -0.2) is 18.3 Å². The lowest BCUT2D eigenvalue weighted by molar-refractivity contribution is -0.661. The Hall–Kier alpha value is -9.64. The molecule has 0 aliphatic rings. The Kier molecular flexibility index (Phi) is 18.8. The summed E-state index contributed by atoms with van der Waals surface area (Å²) in [5.74, 6) is -1.33. The molecule has 0 saturated heterocycles. The van der Waals surface area contributed by atoms with E-state index in [2.05, 4.69) is 0 Å². The van der Waals surface area contributed by atoms with Crippen LogP contribution in [0.15, 0.2) is 219 Å². The molecular formula is C108H136N4+4. The van der Waals surface area contributed by atoms with Gasteiger partial charge in [-0.1, -0.05) is 243 Å². The quantitative estimate of drug-likeness (QED) is 0.0761.